The maximum absolute atomic E-state index is 15.0. The summed E-state index contributed by atoms with van der Waals surface area (Å²) in [6, 6.07) is 5.77. The molecule has 1 aromatic carbocycles. The second-order valence-electron chi connectivity index (χ2n) is 11.2. The maximum Gasteiger partial charge on any atom is 0.355 e. The molecule has 1 amide bonds. The average molecular weight is 655 g/mol. The minimum Gasteiger partial charge on any atom is -0.350 e. The van der Waals surface area contributed by atoms with E-state index < -0.39 is 38.0 Å². The highest BCUT2D eigenvalue weighted by atomic mass is 35.5. The van der Waals surface area contributed by atoms with Crippen LogP contribution in [0.3, 0.4) is 0 Å². The lowest BCUT2D eigenvalue weighted by Gasteiger charge is -2.40. The minimum absolute atomic E-state index is 0.0392. The van der Waals surface area contributed by atoms with Gasteiger partial charge in [0.15, 0.2) is 15.5 Å². The van der Waals surface area contributed by atoms with Gasteiger partial charge in [0, 0.05) is 31.9 Å². The molecule has 1 saturated heterocycles. The number of hydrogen-bond donors (Lipinski definition) is 0. The van der Waals surface area contributed by atoms with Gasteiger partial charge in [0.1, 0.15) is 17.5 Å². The van der Waals surface area contributed by atoms with E-state index >= 15 is 8.78 Å². The summed E-state index contributed by atoms with van der Waals surface area (Å²) in [5.41, 5.74) is -1.58. The minimum atomic E-state index is -3.89. The molecule has 0 N–H and O–H groups in total. The van der Waals surface area contributed by atoms with E-state index in [0.717, 1.165) is 23.1 Å². The molecule has 0 spiro atoms. The lowest BCUT2D eigenvalue weighted by molar-refractivity contribution is -0.126. The molecule has 1 aliphatic heterocycles. The van der Waals surface area contributed by atoms with Gasteiger partial charge in [-0.3, -0.25) is 9.78 Å². The number of aryl methyl sites for hydroxylation is 1. The molecule has 1 saturated carbocycles. The molecule has 3 aromatic heterocycles. The van der Waals surface area contributed by atoms with Crippen LogP contribution in [0.1, 0.15) is 31.9 Å². The van der Waals surface area contributed by atoms with Crippen LogP contribution in [-0.2, 0) is 14.6 Å². The second kappa shape index (κ2) is 11.6. The summed E-state index contributed by atoms with van der Waals surface area (Å²) in [6.07, 6.45) is 4.33. The fourth-order valence-electron chi connectivity index (χ4n) is 5.92. The Bertz CT molecular complexity index is 2030. The van der Waals surface area contributed by atoms with Crippen LogP contribution >= 0.6 is 11.6 Å². The first-order valence-corrected chi connectivity index (χ1v) is 16.3. The Morgan fingerprint density at radius 2 is 1.84 bits per heavy atom. The molecule has 2 aliphatic rings. The van der Waals surface area contributed by atoms with Crippen LogP contribution in [0.4, 0.5) is 14.6 Å². The third kappa shape index (κ3) is 5.17. The number of piperazine rings is 1. The van der Waals surface area contributed by atoms with Crippen molar-refractivity contribution in [3.8, 4) is 16.9 Å². The van der Waals surface area contributed by atoms with Gasteiger partial charge in [0.05, 0.1) is 43.2 Å². The number of aromatic nitrogens is 4. The van der Waals surface area contributed by atoms with Crippen molar-refractivity contribution in [1.82, 2.24) is 24.4 Å². The predicted molar refractivity (Wildman–Crippen MR) is 166 cm³/mol. The first-order valence-electron chi connectivity index (χ1n) is 14.4. The van der Waals surface area contributed by atoms with Gasteiger partial charge in [-0.15, -0.1) is 0 Å². The molecule has 0 unspecified atom stereocenters. The number of hydrogen-bond acceptors (Lipinski definition) is 8. The van der Waals surface area contributed by atoms with Crippen LogP contribution in [0.25, 0.3) is 28.0 Å². The van der Waals surface area contributed by atoms with Crippen molar-refractivity contribution >= 4 is 44.2 Å². The summed E-state index contributed by atoms with van der Waals surface area (Å²) in [7, 11) is -3.89. The zero-order valence-electron chi connectivity index (χ0n) is 24.5. The Balaban J connectivity index is 1.66. The highest BCUT2D eigenvalue weighted by molar-refractivity contribution is 7.92. The lowest BCUT2D eigenvalue weighted by atomic mass is 10.00. The average Bonchev–Trinajstić information content (AvgIpc) is 2.96. The van der Waals surface area contributed by atoms with Crippen molar-refractivity contribution in [2.45, 2.75) is 49.3 Å². The van der Waals surface area contributed by atoms with Crippen molar-refractivity contribution in [3.63, 3.8) is 0 Å². The van der Waals surface area contributed by atoms with Crippen LogP contribution in [0.5, 0.6) is 0 Å². The third-order valence-electron chi connectivity index (χ3n) is 8.48. The highest BCUT2D eigenvalue weighted by Crippen LogP contribution is 2.38. The number of carbonyl (C=O) groups is 1. The van der Waals surface area contributed by atoms with E-state index in [-0.39, 0.29) is 55.8 Å². The number of fused-ring (bicyclic) bond motifs is 1. The normalized spacial score (nSPS) is 17.4. The first kappa shape index (κ1) is 30.8. The van der Waals surface area contributed by atoms with Crippen molar-refractivity contribution in [2.24, 2.45) is 0 Å². The van der Waals surface area contributed by atoms with E-state index in [9.17, 15) is 18.0 Å². The maximum atomic E-state index is 15.0. The summed E-state index contributed by atoms with van der Waals surface area (Å²) in [5, 5.41) is -0.489. The van der Waals surface area contributed by atoms with Crippen molar-refractivity contribution in [1.29, 1.82) is 0 Å². The van der Waals surface area contributed by atoms with Gasteiger partial charge < -0.3 is 9.80 Å². The SMILES string of the molecule is C=CC(=O)N1CCN(c2nc(=O)n(-c3c(S(=O)(=O)C4CCC4)ccnc3C)c3nc(-c4c(F)cccc4F)c(Cl)cc23)[C@@H](C)C1. The number of nitrogens with zero attached hydrogens (tertiary/aromatic N) is 6. The quantitative estimate of drug-likeness (QED) is 0.276. The standard InChI is InChI=1S/C31H29ClF2N6O4S/c1-4-25(41)38-13-14-39(17(2)16-38)29-20-15-21(32)27(26-22(33)9-6-10-23(26)34)36-30(20)40(31(42)37-29)28-18(3)35-12-11-24(28)45(43,44)19-7-5-8-19/h4,6,9-12,15,17,19H,1,5,7-8,13-14,16H2,2-3H3/t17-/m0/s1. The van der Waals surface area contributed by atoms with Gasteiger partial charge in [-0.1, -0.05) is 30.7 Å². The van der Waals surface area contributed by atoms with Gasteiger partial charge in [0.2, 0.25) is 5.91 Å². The van der Waals surface area contributed by atoms with Gasteiger partial charge >= 0.3 is 5.69 Å². The van der Waals surface area contributed by atoms with Crippen LogP contribution in [-0.4, -0.2) is 69.7 Å². The number of benzene rings is 1. The zero-order chi connectivity index (χ0) is 32.2. The number of pyridine rings is 2. The fraction of sp³-hybridized carbons (Fsp3) is 0.323. The molecule has 10 nitrogen and oxygen atoms in total. The zero-order valence-corrected chi connectivity index (χ0v) is 26.1. The van der Waals surface area contributed by atoms with Crippen LogP contribution < -0.4 is 10.6 Å². The molecular formula is C31H29ClF2N6O4S. The molecule has 2 fully saturated rings. The molecule has 6 rings (SSSR count). The number of halogens is 3. The smallest absolute Gasteiger partial charge is 0.350 e. The Labute approximate surface area is 262 Å². The number of sulfone groups is 1. The molecule has 1 aliphatic carbocycles. The van der Waals surface area contributed by atoms with Crippen LogP contribution in [0, 0.1) is 18.6 Å². The summed E-state index contributed by atoms with van der Waals surface area (Å²) < 4.78 is 58.6. The molecular weight excluding hydrogens is 626 g/mol. The Morgan fingerprint density at radius 1 is 1.13 bits per heavy atom. The monoisotopic (exact) mass is 654 g/mol. The van der Waals surface area contributed by atoms with Crippen molar-refractivity contribution < 1.29 is 22.0 Å². The number of amides is 1. The summed E-state index contributed by atoms with van der Waals surface area (Å²) in [4.78, 5) is 43.0. The van der Waals surface area contributed by atoms with Crippen molar-refractivity contribution in [3.05, 3.63) is 82.0 Å². The van der Waals surface area contributed by atoms with Gasteiger partial charge in [0.25, 0.3) is 0 Å². The molecule has 4 heterocycles. The summed E-state index contributed by atoms with van der Waals surface area (Å²) >= 11 is 6.65. The van der Waals surface area contributed by atoms with Gasteiger partial charge in [-0.05, 0) is 57.0 Å². The Morgan fingerprint density at radius 3 is 2.47 bits per heavy atom. The topological polar surface area (TPSA) is 118 Å². The van der Waals surface area contributed by atoms with Crippen LogP contribution in [0.2, 0.25) is 5.02 Å². The van der Waals surface area contributed by atoms with E-state index in [1.165, 1.54) is 30.5 Å². The number of anilines is 1. The molecule has 14 heteroatoms. The highest BCUT2D eigenvalue weighted by Gasteiger charge is 2.37. The molecule has 1 atom stereocenters. The lowest BCUT2D eigenvalue weighted by Crippen LogP contribution is -2.54. The predicted octanol–water partition coefficient (Wildman–Crippen LogP) is 4.63. The fourth-order valence-corrected chi connectivity index (χ4v) is 8.24. The number of rotatable bonds is 6. The molecule has 4 aromatic rings. The van der Waals surface area contributed by atoms with E-state index in [1.807, 2.05) is 11.8 Å². The molecule has 45 heavy (non-hydrogen) atoms. The molecule has 0 radical (unpaired) electrons. The Kier molecular flexibility index (Phi) is 7.94. The largest absolute Gasteiger partial charge is 0.355 e. The molecule has 0 bridgehead atoms. The molecule has 234 valence electrons. The number of carbonyl (C=O) groups excluding carboxylic acids is 1. The first-order chi connectivity index (χ1) is 21.4. The van der Waals surface area contributed by atoms with Gasteiger partial charge in [-0.2, -0.15) is 4.98 Å². The Hall–Kier alpha value is -4.23. The van der Waals surface area contributed by atoms with E-state index in [1.54, 1.807) is 11.8 Å². The summed E-state index contributed by atoms with van der Waals surface area (Å²) in [6.45, 7) is 7.88. The van der Waals surface area contributed by atoms with E-state index in [2.05, 4.69) is 21.5 Å². The second-order valence-corrected chi connectivity index (χ2v) is 13.8. The third-order valence-corrected chi connectivity index (χ3v) is 11.1. The van der Waals surface area contributed by atoms with E-state index in [4.69, 9.17) is 11.6 Å². The van der Waals surface area contributed by atoms with Gasteiger partial charge in [-0.25, -0.2) is 31.5 Å². The van der Waals surface area contributed by atoms with E-state index in [0.29, 0.717) is 32.5 Å². The van der Waals surface area contributed by atoms with Crippen molar-refractivity contribution in [2.75, 3.05) is 24.5 Å². The van der Waals surface area contributed by atoms with Crippen LogP contribution in [0.15, 0.2) is 58.9 Å². The summed E-state index contributed by atoms with van der Waals surface area (Å²) in [5.74, 6) is -1.89.